The number of halogens is 2. The highest BCUT2D eigenvalue weighted by Gasteiger charge is 2.41. The van der Waals surface area contributed by atoms with Crippen LogP contribution >= 0.6 is 0 Å². The van der Waals surface area contributed by atoms with Gasteiger partial charge in [0.25, 0.3) is 0 Å². The Labute approximate surface area is 249 Å². The van der Waals surface area contributed by atoms with Gasteiger partial charge in [-0.25, -0.2) is 8.78 Å². The highest BCUT2D eigenvalue weighted by molar-refractivity contribution is 5.87. The van der Waals surface area contributed by atoms with Crippen LogP contribution in [0.3, 0.4) is 0 Å². The van der Waals surface area contributed by atoms with Gasteiger partial charge < -0.3 is 15.5 Å². The van der Waals surface area contributed by atoms with Crippen LogP contribution in [0, 0.1) is 17.6 Å². The molecule has 0 aromatic heterocycles. The summed E-state index contributed by atoms with van der Waals surface area (Å²) >= 11 is 0. The number of benzene rings is 2. The summed E-state index contributed by atoms with van der Waals surface area (Å²) in [6.07, 6.45) is 6.79. The molecule has 4 nitrogen and oxygen atoms in total. The van der Waals surface area contributed by atoms with Gasteiger partial charge in [-0.05, 0) is 68.0 Å². The molecule has 1 aliphatic carbocycles. The maximum Gasteiger partial charge on any atom is 0.241 e. The first-order chi connectivity index (χ1) is 20.0. The van der Waals surface area contributed by atoms with Crippen LogP contribution in [0.25, 0.3) is 5.57 Å². The van der Waals surface area contributed by atoms with E-state index in [4.69, 9.17) is 0 Å². The fourth-order valence-electron chi connectivity index (χ4n) is 4.36. The van der Waals surface area contributed by atoms with Crippen molar-refractivity contribution in [2.24, 2.45) is 5.92 Å². The Morgan fingerprint density at radius 2 is 1.61 bits per heavy atom. The quantitative estimate of drug-likeness (QED) is 0.222. The van der Waals surface area contributed by atoms with Crippen LogP contribution < -0.4 is 10.6 Å². The van der Waals surface area contributed by atoms with E-state index in [-0.39, 0.29) is 30.1 Å². The molecule has 1 fully saturated rings. The van der Waals surface area contributed by atoms with E-state index in [2.05, 4.69) is 24.1 Å². The molecule has 2 N–H and O–H groups in total. The molecule has 2 aromatic rings. The van der Waals surface area contributed by atoms with Gasteiger partial charge in [-0.1, -0.05) is 91.0 Å². The number of allylic oxidation sites excluding steroid dienone is 1. The molecular weight excluding hydrogens is 516 g/mol. The van der Waals surface area contributed by atoms with Crippen LogP contribution in [0.1, 0.15) is 91.8 Å². The molecule has 230 valence electrons. The molecule has 0 spiro atoms. The Morgan fingerprint density at radius 3 is 2.17 bits per heavy atom. The third kappa shape index (κ3) is 12.7. The summed E-state index contributed by atoms with van der Waals surface area (Å²) < 4.78 is 28.4. The standard InChI is InChI=1S/C26H31F2N3O.C3H6.3C2H6/c1-2-12-29-13-14-30-25(19-8-9-19)26(32)31-17-20(22-16-21(27)10-11-23(22)28)15-24(31)18-6-4-3-5-7-18;1-3-2;3*1-2/h3-7,10-11,15-16,19,24-25,29-30H,2,8-9,12-14,17H2,1H3;3H,1H2,2H3;3*1-2H3. The zero-order chi connectivity index (χ0) is 31.2. The van der Waals surface area contributed by atoms with Crippen LogP contribution in [0.5, 0.6) is 0 Å². The van der Waals surface area contributed by atoms with E-state index >= 15 is 0 Å². The molecule has 1 heterocycles. The second-order valence-corrected chi connectivity index (χ2v) is 9.07. The number of nitrogens with zero attached hydrogens (tertiary/aromatic N) is 1. The summed E-state index contributed by atoms with van der Waals surface area (Å²) in [5.74, 6) is -0.599. The molecule has 2 aliphatic rings. The van der Waals surface area contributed by atoms with E-state index in [1.165, 1.54) is 6.07 Å². The first-order valence-electron chi connectivity index (χ1n) is 15.5. The minimum atomic E-state index is -0.486. The number of amides is 1. The maximum absolute atomic E-state index is 14.5. The van der Waals surface area contributed by atoms with Crippen LogP contribution in [0.15, 0.2) is 67.3 Å². The van der Waals surface area contributed by atoms with Crippen LogP contribution in [-0.2, 0) is 4.79 Å². The average Bonchev–Trinajstić information content (AvgIpc) is 3.76. The summed E-state index contributed by atoms with van der Waals surface area (Å²) in [4.78, 5) is 15.5. The predicted octanol–water partition coefficient (Wildman–Crippen LogP) is 8.57. The lowest BCUT2D eigenvalue weighted by Gasteiger charge is -2.30. The van der Waals surface area contributed by atoms with Crippen LogP contribution in [-0.4, -0.2) is 43.0 Å². The largest absolute Gasteiger partial charge is 0.326 e. The van der Waals surface area contributed by atoms with E-state index in [1.54, 1.807) is 6.08 Å². The van der Waals surface area contributed by atoms with Crippen LogP contribution in [0.4, 0.5) is 8.78 Å². The summed E-state index contributed by atoms with van der Waals surface area (Å²) in [7, 11) is 0. The number of carbonyl (C=O) groups excluding carboxylic acids is 1. The van der Waals surface area contributed by atoms with Crippen molar-refractivity contribution in [1.82, 2.24) is 15.5 Å². The predicted molar refractivity (Wildman–Crippen MR) is 173 cm³/mol. The lowest BCUT2D eigenvalue weighted by Crippen LogP contribution is -2.49. The third-order valence-electron chi connectivity index (χ3n) is 6.19. The van der Waals surface area contributed by atoms with Crippen LogP contribution in [0.2, 0.25) is 0 Å². The van der Waals surface area contributed by atoms with E-state index in [0.29, 0.717) is 11.5 Å². The van der Waals surface area contributed by atoms with E-state index in [9.17, 15) is 13.6 Å². The highest BCUT2D eigenvalue weighted by Crippen LogP contribution is 2.39. The lowest BCUT2D eigenvalue weighted by molar-refractivity contribution is -0.134. The molecule has 2 aromatic carbocycles. The molecule has 1 amide bonds. The normalized spacial score (nSPS) is 15.7. The molecule has 2 atom stereocenters. The minimum absolute atomic E-state index is 0.0277. The fraction of sp³-hybridized carbons (Fsp3) is 0.514. The van der Waals surface area contributed by atoms with E-state index in [1.807, 2.05) is 89.8 Å². The molecular formula is C35H55F2N3O. The smallest absolute Gasteiger partial charge is 0.241 e. The van der Waals surface area contributed by atoms with Crippen molar-refractivity contribution in [1.29, 1.82) is 0 Å². The number of carbonyl (C=O) groups is 1. The SMILES string of the molecule is C=CC.CC.CC.CC.CCCNCCNC(C(=O)N1CC(c2cc(F)ccc2F)=CC1c1ccccc1)C1CC1. The Morgan fingerprint density at radius 1 is 1.00 bits per heavy atom. The maximum atomic E-state index is 14.5. The Balaban J connectivity index is 0.00000161. The number of nitrogens with one attached hydrogen (secondary N) is 2. The summed E-state index contributed by atoms with van der Waals surface area (Å²) in [5, 5.41) is 6.81. The van der Waals surface area contributed by atoms with E-state index < -0.39 is 11.6 Å². The average molecular weight is 572 g/mol. The van der Waals surface area contributed by atoms with Gasteiger partial charge in [0.05, 0.1) is 12.1 Å². The van der Waals surface area contributed by atoms with Crippen molar-refractivity contribution in [3.63, 3.8) is 0 Å². The summed E-state index contributed by atoms with van der Waals surface area (Å²) in [6.45, 7) is 22.1. The zero-order valence-corrected chi connectivity index (χ0v) is 26.8. The van der Waals surface area contributed by atoms with Gasteiger partial charge >= 0.3 is 0 Å². The van der Waals surface area contributed by atoms with Gasteiger partial charge in [-0.2, -0.15) is 0 Å². The molecule has 1 saturated carbocycles. The van der Waals surface area contributed by atoms with E-state index in [0.717, 1.165) is 56.6 Å². The van der Waals surface area contributed by atoms with Gasteiger partial charge in [-0.3, -0.25) is 4.79 Å². The molecule has 1 aliphatic heterocycles. The molecule has 6 heteroatoms. The summed E-state index contributed by atoms with van der Waals surface area (Å²) in [6, 6.07) is 12.7. The molecule has 0 saturated heterocycles. The molecule has 0 radical (unpaired) electrons. The fourth-order valence-corrected chi connectivity index (χ4v) is 4.36. The van der Waals surface area contributed by atoms with Crippen molar-refractivity contribution >= 4 is 11.5 Å². The zero-order valence-electron chi connectivity index (χ0n) is 26.8. The highest BCUT2D eigenvalue weighted by atomic mass is 19.1. The van der Waals surface area contributed by atoms with Crippen molar-refractivity contribution in [3.05, 3.63) is 90.0 Å². The first-order valence-corrected chi connectivity index (χ1v) is 15.5. The van der Waals surface area contributed by atoms with Gasteiger partial charge in [0.1, 0.15) is 11.6 Å². The summed E-state index contributed by atoms with van der Waals surface area (Å²) in [5.41, 5.74) is 1.83. The van der Waals surface area contributed by atoms with Gasteiger partial charge in [0, 0.05) is 25.2 Å². The number of hydrogen-bond acceptors (Lipinski definition) is 3. The van der Waals surface area contributed by atoms with Gasteiger partial charge in [0.15, 0.2) is 0 Å². The molecule has 2 unspecified atom stereocenters. The Kier molecular flexibility index (Phi) is 21.2. The van der Waals surface area contributed by atoms with Crippen molar-refractivity contribution < 1.29 is 13.6 Å². The second kappa shape index (κ2) is 22.8. The topological polar surface area (TPSA) is 44.4 Å². The molecule has 0 bridgehead atoms. The van der Waals surface area contributed by atoms with Crippen molar-refractivity contribution in [2.45, 2.75) is 86.7 Å². The minimum Gasteiger partial charge on any atom is -0.326 e. The van der Waals surface area contributed by atoms with Crippen molar-refractivity contribution in [2.75, 3.05) is 26.2 Å². The van der Waals surface area contributed by atoms with Gasteiger partial charge in [0.2, 0.25) is 5.91 Å². The first kappa shape index (κ1) is 38.2. The molecule has 4 rings (SSSR count). The van der Waals surface area contributed by atoms with Crippen molar-refractivity contribution in [3.8, 4) is 0 Å². The molecule has 41 heavy (non-hydrogen) atoms. The lowest BCUT2D eigenvalue weighted by atomic mass is 10.0. The second-order valence-electron chi connectivity index (χ2n) is 9.07. The van der Waals surface area contributed by atoms with Gasteiger partial charge in [-0.15, -0.1) is 6.58 Å². The number of rotatable bonds is 10. The monoisotopic (exact) mass is 571 g/mol. The number of hydrogen-bond donors (Lipinski definition) is 2. The Bertz CT molecular complexity index is 1010. The third-order valence-corrected chi connectivity index (χ3v) is 6.19. The Hall–Kier alpha value is -2.83.